The third-order valence-electron chi connectivity index (χ3n) is 5.70. The Morgan fingerprint density at radius 3 is 2.44 bits per heavy atom. The van der Waals surface area contributed by atoms with Crippen LogP contribution in [0.3, 0.4) is 0 Å². The second-order valence-electron chi connectivity index (χ2n) is 7.77. The van der Waals surface area contributed by atoms with E-state index in [2.05, 4.69) is 34.1 Å². The van der Waals surface area contributed by atoms with Crippen molar-refractivity contribution < 1.29 is 9.52 Å². The molecule has 0 radical (unpaired) electrons. The fourth-order valence-corrected chi connectivity index (χ4v) is 4.18. The zero-order chi connectivity index (χ0) is 18.6. The van der Waals surface area contributed by atoms with E-state index in [0.29, 0.717) is 24.6 Å². The maximum Gasteiger partial charge on any atom is 0.227 e. The molecule has 144 valence electrons. The average molecular weight is 368 g/mol. The largest absolute Gasteiger partial charge is 0.502 e. The third-order valence-corrected chi connectivity index (χ3v) is 5.70. The first-order valence-electron chi connectivity index (χ1n) is 10.1. The minimum absolute atomic E-state index is 0.230. The normalized spacial score (nSPS) is 18.8. The van der Waals surface area contributed by atoms with Crippen LogP contribution in [-0.2, 0) is 26.1 Å². The lowest BCUT2D eigenvalue weighted by atomic mass is 10.00. The van der Waals surface area contributed by atoms with Gasteiger partial charge in [-0.05, 0) is 43.5 Å². The zero-order valence-corrected chi connectivity index (χ0v) is 15.8. The van der Waals surface area contributed by atoms with Crippen LogP contribution in [0, 0.1) is 0 Å². The van der Waals surface area contributed by atoms with Crippen LogP contribution >= 0.6 is 0 Å². The predicted molar refractivity (Wildman–Crippen MR) is 105 cm³/mol. The minimum atomic E-state index is -0.335. The summed E-state index contributed by atoms with van der Waals surface area (Å²) in [7, 11) is 0. The maximum absolute atomic E-state index is 12.3. The molecule has 1 N–H and O–H groups in total. The van der Waals surface area contributed by atoms with Gasteiger partial charge in [0.2, 0.25) is 11.2 Å². The third kappa shape index (κ3) is 4.42. The highest BCUT2D eigenvalue weighted by Gasteiger charge is 2.20. The quantitative estimate of drug-likeness (QED) is 0.898. The van der Waals surface area contributed by atoms with Crippen LogP contribution in [0.5, 0.6) is 5.75 Å². The second kappa shape index (κ2) is 8.28. The number of nitrogens with zero attached hydrogens (tertiary/aromatic N) is 2. The molecular formula is C22H28N2O3. The van der Waals surface area contributed by atoms with Crippen molar-refractivity contribution in [1.29, 1.82) is 0 Å². The Balaban J connectivity index is 1.48. The summed E-state index contributed by atoms with van der Waals surface area (Å²) < 4.78 is 5.99. The number of rotatable bonds is 4. The molecule has 4 rings (SSSR count). The van der Waals surface area contributed by atoms with Gasteiger partial charge in [-0.2, -0.15) is 0 Å². The van der Waals surface area contributed by atoms with Crippen molar-refractivity contribution in [2.45, 2.75) is 51.7 Å². The summed E-state index contributed by atoms with van der Waals surface area (Å²) in [6, 6.07) is 9.96. The van der Waals surface area contributed by atoms with Gasteiger partial charge in [0.05, 0.1) is 13.1 Å². The van der Waals surface area contributed by atoms with E-state index in [0.717, 1.165) is 45.4 Å². The van der Waals surface area contributed by atoms with Crippen LogP contribution in [0.1, 0.15) is 48.3 Å². The molecule has 27 heavy (non-hydrogen) atoms. The summed E-state index contributed by atoms with van der Waals surface area (Å²) in [6.07, 6.45) is 5.85. The minimum Gasteiger partial charge on any atom is -0.502 e. The van der Waals surface area contributed by atoms with Crippen molar-refractivity contribution in [2.24, 2.45) is 0 Å². The van der Waals surface area contributed by atoms with Crippen molar-refractivity contribution in [1.82, 2.24) is 9.80 Å². The molecule has 1 saturated heterocycles. The van der Waals surface area contributed by atoms with Gasteiger partial charge in [-0.3, -0.25) is 14.6 Å². The van der Waals surface area contributed by atoms with Crippen LogP contribution in [0.4, 0.5) is 0 Å². The number of likely N-dealkylation sites (tertiary alicyclic amines) is 1. The molecule has 1 aromatic heterocycles. The van der Waals surface area contributed by atoms with Gasteiger partial charge >= 0.3 is 0 Å². The van der Waals surface area contributed by atoms with E-state index < -0.39 is 0 Å². The van der Waals surface area contributed by atoms with Crippen molar-refractivity contribution in [3.05, 3.63) is 63.2 Å². The first-order chi connectivity index (χ1) is 13.2. The second-order valence-corrected chi connectivity index (χ2v) is 7.77. The molecule has 2 aromatic rings. The summed E-state index contributed by atoms with van der Waals surface area (Å²) in [4.78, 5) is 16.8. The molecule has 0 aliphatic carbocycles. The maximum atomic E-state index is 12.3. The van der Waals surface area contributed by atoms with Crippen LogP contribution in [0.15, 0.2) is 39.5 Å². The van der Waals surface area contributed by atoms with E-state index >= 15 is 0 Å². The standard InChI is InChI=1S/C22H28N2O3/c25-20-13-19(15-24-12-9-17-7-3-4-8-18(17)14-24)27-21(22(20)26)16-23-10-5-1-2-6-11-23/h3-4,7-8,13,26H,1-2,5-6,9-12,14-16H2. The van der Waals surface area contributed by atoms with Crippen LogP contribution in [0.25, 0.3) is 0 Å². The molecule has 0 spiro atoms. The monoisotopic (exact) mass is 368 g/mol. The first-order valence-corrected chi connectivity index (χ1v) is 10.1. The Kier molecular flexibility index (Phi) is 5.60. The van der Waals surface area contributed by atoms with Gasteiger partial charge < -0.3 is 9.52 Å². The molecule has 5 nitrogen and oxygen atoms in total. The summed E-state index contributed by atoms with van der Waals surface area (Å²) >= 11 is 0. The van der Waals surface area contributed by atoms with Gasteiger partial charge in [-0.1, -0.05) is 37.1 Å². The van der Waals surface area contributed by atoms with Crippen molar-refractivity contribution in [3.63, 3.8) is 0 Å². The highest BCUT2D eigenvalue weighted by molar-refractivity contribution is 5.29. The van der Waals surface area contributed by atoms with Crippen molar-refractivity contribution >= 4 is 0 Å². The fourth-order valence-electron chi connectivity index (χ4n) is 4.18. The Hall–Kier alpha value is -2.11. The Labute approximate surface area is 160 Å². The predicted octanol–water partition coefficient (Wildman–Crippen LogP) is 3.28. The Morgan fingerprint density at radius 1 is 0.926 bits per heavy atom. The van der Waals surface area contributed by atoms with Crippen LogP contribution in [0.2, 0.25) is 0 Å². The number of hydrogen-bond donors (Lipinski definition) is 1. The summed E-state index contributed by atoms with van der Waals surface area (Å²) in [5, 5.41) is 10.2. The topological polar surface area (TPSA) is 56.9 Å². The molecule has 0 atom stereocenters. The highest BCUT2D eigenvalue weighted by Crippen LogP contribution is 2.23. The van der Waals surface area contributed by atoms with Crippen molar-refractivity contribution in [2.75, 3.05) is 19.6 Å². The molecule has 2 aliphatic rings. The van der Waals surface area contributed by atoms with Gasteiger partial charge in [-0.25, -0.2) is 0 Å². The molecule has 1 fully saturated rings. The van der Waals surface area contributed by atoms with Gasteiger partial charge in [0.25, 0.3) is 0 Å². The molecule has 0 unspecified atom stereocenters. The Bertz CT molecular complexity index is 838. The molecular weight excluding hydrogens is 340 g/mol. The van der Waals surface area contributed by atoms with Crippen LogP contribution in [-0.4, -0.2) is 34.5 Å². The van der Waals surface area contributed by atoms with E-state index in [1.165, 1.54) is 30.0 Å². The zero-order valence-electron chi connectivity index (χ0n) is 15.8. The van der Waals surface area contributed by atoms with E-state index in [1.54, 1.807) is 0 Å². The van der Waals surface area contributed by atoms with E-state index in [9.17, 15) is 9.90 Å². The Morgan fingerprint density at radius 2 is 1.67 bits per heavy atom. The van der Waals surface area contributed by atoms with Gasteiger partial charge in [0.15, 0.2) is 5.76 Å². The molecule has 3 heterocycles. The smallest absolute Gasteiger partial charge is 0.227 e. The van der Waals surface area contributed by atoms with Gasteiger partial charge in [0, 0.05) is 19.2 Å². The van der Waals surface area contributed by atoms with Crippen LogP contribution < -0.4 is 5.43 Å². The lowest BCUT2D eigenvalue weighted by Crippen LogP contribution is -2.30. The summed E-state index contributed by atoms with van der Waals surface area (Å²) in [5.74, 6) is 0.825. The number of aromatic hydroxyl groups is 1. The summed E-state index contributed by atoms with van der Waals surface area (Å²) in [5.41, 5.74) is 2.41. The molecule has 0 amide bonds. The lowest BCUT2D eigenvalue weighted by Gasteiger charge is -2.28. The van der Waals surface area contributed by atoms with E-state index in [-0.39, 0.29) is 11.2 Å². The van der Waals surface area contributed by atoms with Gasteiger partial charge in [0.1, 0.15) is 5.76 Å². The molecule has 2 aliphatic heterocycles. The highest BCUT2D eigenvalue weighted by atomic mass is 16.4. The van der Waals surface area contributed by atoms with E-state index in [1.807, 2.05) is 0 Å². The molecule has 1 aromatic carbocycles. The lowest BCUT2D eigenvalue weighted by molar-refractivity contribution is 0.204. The molecule has 0 saturated carbocycles. The molecule has 0 bridgehead atoms. The summed E-state index contributed by atoms with van der Waals surface area (Å²) in [6.45, 7) is 4.91. The molecule has 5 heteroatoms. The van der Waals surface area contributed by atoms with E-state index in [4.69, 9.17) is 4.42 Å². The average Bonchev–Trinajstić information content (AvgIpc) is 2.94. The SMILES string of the molecule is O=c1cc(CN2CCc3ccccc3C2)oc(CN2CCCCCC2)c1O. The number of fused-ring (bicyclic) bond motifs is 1. The van der Waals surface area contributed by atoms with Crippen molar-refractivity contribution in [3.8, 4) is 5.75 Å². The first kappa shape index (κ1) is 18.3. The fraction of sp³-hybridized carbons (Fsp3) is 0.500. The number of hydrogen-bond acceptors (Lipinski definition) is 5. The van der Waals surface area contributed by atoms with Gasteiger partial charge in [-0.15, -0.1) is 0 Å². The number of benzene rings is 1.